The van der Waals surface area contributed by atoms with Crippen molar-refractivity contribution in [2.75, 3.05) is 55.6 Å². The number of fused-ring (bicyclic) bond motifs is 2. The Morgan fingerprint density at radius 1 is 1.23 bits per heavy atom. The number of carbonyl (C=O) groups is 1. The molecule has 4 aromatic rings. The summed E-state index contributed by atoms with van der Waals surface area (Å²) >= 11 is 0. The summed E-state index contributed by atoms with van der Waals surface area (Å²) < 4.78 is 24.4. The minimum absolute atomic E-state index is 0.207. The predicted molar refractivity (Wildman–Crippen MR) is 129 cm³/mol. The number of amides is 1. The third kappa shape index (κ3) is 4.01. The molecule has 35 heavy (non-hydrogen) atoms. The number of benzene rings is 1. The van der Waals surface area contributed by atoms with Gasteiger partial charge < -0.3 is 24.7 Å². The normalized spacial score (nSPS) is 19.8. The van der Waals surface area contributed by atoms with Gasteiger partial charge in [0.05, 0.1) is 25.5 Å². The maximum atomic E-state index is 12.8. The van der Waals surface area contributed by atoms with Crippen LogP contribution >= 0.6 is 0 Å². The molecule has 1 aliphatic carbocycles. The highest BCUT2D eigenvalue weighted by atomic mass is 19.1. The average molecular weight is 478 g/mol. The molecular formula is C24H24FN7O3. The van der Waals surface area contributed by atoms with Crippen molar-refractivity contribution in [1.29, 1.82) is 0 Å². The van der Waals surface area contributed by atoms with Crippen LogP contribution in [0.4, 0.5) is 21.7 Å². The van der Waals surface area contributed by atoms with Crippen molar-refractivity contribution in [2.24, 2.45) is 11.8 Å². The van der Waals surface area contributed by atoms with Crippen LogP contribution in [0, 0.1) is 11.8 Å². The molecule has 0 unspecified atom stereocenters. The Labute approximate surface area is 199 Å². The Kier molecular flexibility index (Phi) is 5.40. The maximum Gasteiger partial charge on any atom is 0.229 e. The van der Waals surface area contributed by atoms with Crippen LogP contribution in [0.5, 0.6) is 0 Å². The molecule has 6 rings (SSSR count). The molecule has 1 aromatic carbocycles. The standard InChI is InChI=1S/C24H24FN7O3/c1-26-22-21-16(10-20(30-31-21)29-23(33)15-8-13(15)11-25)17(12-27-22)24-28-18-3-2-14(9-19(18)35-24)32-4-6-34-7-5-32/h2-3,9-10,12-13,15H,4-8,11H2,1H3,(H,26,27)(H,29,30,33)/t13-,15-/m0/s1. The fourth-order valence-electron chi connectivity index (χ4n) is 4.45. The van der Waals surface area contributed by atoms with Gasteiger partial charge >= 0.3 is 0 Å². The molecule has 0 radical (unpaired) electrons. The number of anilines is 3. The van der Waals surface area contributed by atoms with Crippen molar-refractivity contribution in [3.8, 4) is 11.5 Å². The van der Waals surface area contributed by atoms with Crippen LogP contribution in [0.25, 0.3) is 33.5 Å². The van der Waals surface area contributed by atoms with Gasteiger partial charge in [0.2, 0.25) is 11.8 Å². The highest BCUT2D eigenvalue weighted by molar-refractivity contribution is 6.01. The average Bonchev–Trinajstić information content (AvgIpc) is 3.58. The lowest BCUT2D eigenvalue weighted by atomic mass is 10.1. The maximum absolute atomic E-state index is 12.8. The van der Waals surface area contributed by atoms with E-state index in [1.54, 1.807) is 19.3 Å². The Hall–Kier alpha value is -3.86. The largest absolute Gasteiger partial charge is 0.436 e. The van der Waals surface area contributed by atoms with Crippen LogP contribution in [0.3, 0.4) is 0 Å². The lowest BCUT2D eigenvalue weighted by molar-refractivity contribution is -0.117. The molecule has 180 valence electrons. The number of rotatable bonds is 6. The lowest BCUT2D eigenvalue weighted by Crippen LogP contribution is -2.36. The van der Waals surface area contributed by atoms with E-state index < -0.39 is 6.67 Å². The molecule has 4 heterocycles. The Morgan fingerprint density at radius 3 is 2.86 bits per heavy atom. The molecule has 11 heteroatoms. The van der Waals surface area contributed by atoms with E-state index in [1.165, 1.54) is 0 Å². The van der Waals surface area contributed by atoms with Crippen molar-refractivity contribution >= 4 is 45.2 Å². The quantitative estimate of drug-likeness (QED) is 0.431. The minimum atomic E-state index is -0.492. The van der Waals surface area contributed by atoms with Crippen LogP contribution in [0.15, 0.2) is 34.9 Å². The van der Waals surface area contributed by atoms with Crippen LogP contribution in [0.2, 0.25) is 0 Å². The Morgan fingerprint density at radius 2 is 2.09 bits per heavy atom. The molecule has 2 aliphatic rings. The number of ether oxygens (including phenoxy) is 1. The first-order valence-corrected chi connectivity index (χ1v) is 11.6. The first kappa shape index (κ1) is 21.7. The van der Waals surface area contributed by atoms with Gasteiger partial charge in [-0.1, -0.05) is 0 Å². The summed E-state index contributed by atoms with van der Waals surface area (Å²) in [6, 6.07) is 7.67. The smallest absolute Gasteiger partial charge is 0.229 e. The minimum Gasteiger partial charge on any atom is -0.436 e. The number of oxazole rings is 1. The first-order valence-electron chi connectivity index (χ1n) is 11.6. The monoisotopic (exact) mass is 477 g/mol. The summed E-state index contributed by atoms with van der Waals surface area (Å²) in [5.41, 5.74) is 3.59. The molecule has 1 saturated heterocycles. The second kappa shape index (κ2) is 8.73. The van der Waals surface area contributed by atoms with E-state index in [1.807, 2.05) is 18.2 Å². The van der Waals surface area contributed by atoms with Gasteiger partial charge in [-0.3, -0.25) is 9.18 Å². The van der Waals surface area contributed by atoms with Crippen LogP contribution < -0.4 is 15.5 Å². The van der Waals surface area contributed by atoms with E-state index in [9.17, 15) is 9.18 Å². The van der Waals surface area contributed by atoms with E-state index in [-0.39, 0.29) is 23.6 Å². The van der Waals surface area contributed by atoms with Gasteiger partial charge in [-0.2, -0.15) is 0 Å². The molecule has 0 bridgehead atoms. The summed E-state index contributed by atoms with van der Waals surface area (Å²) in [7, 11) is 1.75. The van der Waals surface area contributed by atoms with Crippen molar-refractivity contribution in [3.63, 3.8) is 0 Å². The zero-order chi connectivity index (χ0) is 23.9. The van der Waals surface area contributed by atoms with E-state index in [2.05, 4.69) is 35.7 Å². The summed E-state index contributed by atoms with van der Waals surface area (Å²) in [5, 5.41) is 14.9. The summed E-state index contributed by atoms with van der Waals surface area (Å²) in [6.45, 7) is 2.56. The van der Waals surface area contributed by atoms with Gasteiger partial charge in [-0.05, 0) is 30.5 Å². The molecular weight excluding hydrogens is 453 g/mol. The van der Waals surface area contributed by atoms with Crippen molar-refractivity contribution in [2.45, 2.75) is 6.42 Å². The van der Waals surface area contributed by atoms with Gasteiger partial charge in [0.1, 0.15) is 11.0 Å². The fourth-order valence-corrected chi connectivity index (χ4v) is 4.45. The van der Waals surface area contributed by atoms with Gasteiger partial charge in [0, 0.05) is 49.4 Å². The topological polar surface area (TPSA) is 118 Å². The van der Waals surface area contributed by atoms with Crippen LogP contribution in [-0.2, 0) is 9.53 Å². The fraction of sp³-hybridized carbons (Fsp3) is 0.375. The van der Waals surface area contributed by atoms with E-state index in [0.717, 1.165) is 24.3 Å². The molecule has 1 aliphatic heterocycles. The number of aromatic nitrogens is 4. The first-order chi connectivity index (χ1) is 17.1. The summed E-state index contributed by atoms with van der Waals surface area (Å²) in [4.78, 5) is 23.8. The van der Waals surface area contributed by atoms with Gasteiger partial charge in [-0.25, -0.2) is 9.97 Å². The van der Waals surface area contributed by atoms with Crippen LogP contribution in [0.1, 0.15) is 6.42 Å². The highest BCUT2D eigenvalue weighted by Gasteiger charge is 2.43. The number of alkyl halides is 1. The predicted octanol–water partition coefficient (Wildman–Crippen LogP) is 3.26. The van der Waals surface area contributed by atoms with Crippen molar-refractivity contribution < 1.29 is 18.3 Å². The highest BCUT2D eigenvalue weighted by Crippen LogP contribution is 2.40. The molecule has 1 amide bonds. The Bertz CT molecular complexity index is 1420. The third-order valence-electron chi connectivity index (χ3n) is 6.56. The number of hydrogen-bond acceptors (Lipinski definition) is 9. The molecule has 2 N–H and O–H groups in total. The molecule has 2 fully saturated rings. The number of carbonyl (C=O) groups excluding carboxylic acids is 1. The van der Waals surface area contributed by atoms with Gasteiger partial charge in [-0.15, -0.1) is 10.2 Å². The number of nitrogens with zero attached hydrogens (tertiary/aromatic N) is 5. The van der Waals surface area contributed by atoms with Crippen molar-refractivity contribution in [3.05, 3.63) is 30.5 Å². The number of pyridine rings is 1. The summed E-state index contributed by atoms with van der Waals surface area (Å²) in [5.74, 6) is 0.445. The number of nitrogens with one attached hydrogen (secondary N) is 2. The lowest BCUT2D eigenvalue weighted by Gasteiger charge is -2.28. The Balaban J connectivity index is 1.37. The van der Waals surface area contributed by atoms with E-state index in [0.29, 0.717) is 53.4 Å². The zero-order valence-corrected chi connectivity index (χ0v) is 19.1. The number of hydrogen-bond donors (Lipinski definition) is 2. The molecule has 2 atom stereocenters. The van der Waals surface area contributed by atoms with E-state index in [4.69, 9.17) is 9.15 Å². The SMILES string of the molecule is CNc1ncc(-c2nc3ccc(N4CCOCC4)cc3o2)c2cc(NC(=O)[C@H]3C[C@H]3CF)nnc12. The van der Waals surface area contributed by atoms with Gasteiger partial charge in [0.25, 0.3) is 0 Å². The summed E-state index contributed by atoms with van der Waals surface area (Å²) in [6.07, 6.45) is 2.22. The third-order valence-corrected chi connectivity index (χ3v) is 6.56. The number of halogens is 1. The molecule has 10 nitrogen and oxygen atoms in total. The zero-order valence-electron chi connectivity index (χ0n) is 19.1. The number of morpholine rings is 1. The molecule has 1 saturated carbocycles. The van der Waals surface area contributed by atoms with Gasteiger partial charge in [0.15, 0.2) is 17.2 Å². The molecule has 0 spiro atoms. The second-order valence-electron chi connectivity index (χ2n) is 8.78. The van der Waals surface area contributed by atoms with Crippen molar-refractivity contribution in [1.82, 2.24) is 20.2 Å². The molecule has 3 aromatic heterocycles. The van der Waals surface area contributed by atoms with E-state index >= 15 is 0 Å². The second-order valence-corrected chi connectivity index (χ2v) is 8.78. The van der Waals surface area contributed by atoms with Crippen LogP contribution in [-0.4, -0.2) is 66.1 Å².